The Morgan fingerprint density at radius 1 is 1.30 bits per heavy atom. The molecule has 1 aliphatic carbocycles. The molecule has 2 atom stereocenters. The molecule has 1 heterocycles. The zero-order valence-electron chi connectivity index (χ0n) is 13.6. The van der Waals surface area contributed by atoms with Crippen LogP contribution in [0.25, 0.3) is 0 Å². The lowest BCUT2D eigenvalue weighted by Crippen LogP contribution is -2.39. The summed E-state index contributed by atoms with van der Waals surface area (Å²) in [4.78, 5) is 6.58. The third kappa shape index (κ3) is 4.94. The van der Waals surface area contributed by atoms with Crippen molar-refractivity contribution in [1.29, 1.82) is 0 Å². The summed E-state index contributed by atoms with van der Waals surface area (Å²) >= 11 is 1.74. The van der Waals surface area contributed by atoms with Gasteiger partial charge in [0, 0.05) is 27.2 Å². The Kier molecular flexibility index (Phi) is 6.89. The summed E-state index contributed by atoms with van der Waals surface area (Å²) in [6.45, 7) is 1.90. The van der Waals surface area contributed by atoms with Crippen LogP contribution in [0.15, 0.2) is 52.2 Å². The summed E-state index contributed by atoms with van der Waals surface area (Å²) in [5.74, 6) is 2.42. The number of nitrogens with one attached hydrogen (secondary N) is 1. The van der Waals surface area contributed by atoms with Gasteiger partial charge in [0.2, 0.25) is 0 Å². The number of aliphatic imine (C=N–C) groups is 1. The molecule has 2 unspecified atom stereocenters. The number of benzene rings is 1. The molecular weight excluding hydrogens is 417 g/mol. The second-order valence-electron chi connectivity index (χ2n) is 5.93. The molecular formula is C18H24IN3S. The van der Waals surface area contributed by atoms with E-state index in [1.807, 2.05) is 7.05 Å². The molecule has 5 heteroatoms. The molecule has 0 saturated heterocycles. The van der Waals surface area contributed by atoms with Crippen molar-refractivity contribution < 1.29 is 0 Å². The number of halogens is 1. The Balaban J connectivity index is 0.00000192. The average Bonchev–Trinajstić information content (AvgIpc) is 3.15. The number of hydrogen-bond donors (Lipinski definition) is 1. The van der Waals surface area contributed by atoms with Crippen LogP contribution < -0.4 is 5.32 Å². The van der Waals surface area contributed by atoms with E-state index in [2.05, 4.69) is 69.4 Å². The Hall–Kier alpha value is -1.08. The van der Waals surface area contributed by atoms with Crippen molar-refractivity contribution in [1.82, 2.24) is 10.2 Å². The molecule has 3 nitrogen and oxygen atoms in total. The molecule has 1 fully saturated rings. The molecule has 0 spiro atoms. The van der Waals surface area contributed by atoms with Crippen molar-refractivity contribution in [2.75, 3.05) is 20.6 Å². The van der Waals surface area contributed by atoms with Crippen molar-refractivity contribution in [3.8, 4) is 0 Å². The summed E-state index contributed by atoms with van der Waals surface area (Å²) in [5.41, 5.74) is 2.81. The fourth-order valence-corrected chi connectivity index (χ4v) is 3.58. The highest BCUT2D eigenvalue weighted by atomic mass is 127. The van der Waals surface area contributed by atoms with E-state index in [9.17, 15) is 0 Å². The summed E-state index contributed by atoms with van der Waals surface area (Å²) in [5, 5.41) is 7.83. The summed E-state index contributed by atoms with van der Waals surface area (Å²) in [6.07, 6.45) is 1.28. The number of guanidine groups is 1. The van der Waals surface area contributed by atoms with Gasteiger partial charge in [0.25, 0.3) is 0 Å². The van der Waals surface area contributed by atoms with Crippen molar-refractivity contribution in [2.24, 2.45) is 10.9 Å². The van der Waals surface area contributed by atoms with Gasteiger partial charge in [-0.05, 0) is 46.2 Å². The highest BCUT2D eigenvalue weighted by Gasteiger charge is 2.37. The van der Waals surface area contributed by atoms with Gasteiger partial charge in [-0.15, -0.1) is 24.0 Å². The highest BCUT2D eigenvalue weighted by molar-refractivity contribution is 14.0. The van der Waals surface area contributed by atoms with Gasteiger partial charge in [-0.3, -0.25) is 4.99 Å². The van der Waals surface area contributed by atoms with Crippen LogP contribution in [0.3, 0.4) is 0 Å². The molecule has 1 saturated carbocycles. The van der Waals surface area contributed by atoms with Crippen LogP contribution in [0.2, 0.25) is 0 Å². The summed E-state index contributed by atoms with van der Waals surface area (Å²) in [6, 6.07) is 13.0. The first kappa shape index (κ1) is 18.3. The van der Waals surface area contributed by atoms with Gasteiger partial charge in [-0.25, -0.2) is 0 Å². The van der Waals surface area contributed by atoms with E-state index in [1.54, 1.807) is 11.3 Å². The maximum atomic E-state index is 4.40. The molecule has 23 heavy (non-hydrogen) atoms. The lowest BCUT2D eigenvalue weighted by Gasteiger charge is -2.21. The van der Waals surface area contributed by atoms with Crippen LogP contribution in [0.4, 0.5) is 0 Å². The number of nitrogens with zero attached hydrogens (tertiary/aromatic N) is 2. The predicted octanol–water partition coefficient (Wildman–Crippen LogP) is 4.18. The Morgan fingerprint density at radius 3 is 2.74 bits per heavy atom. The van der Waals surface area contributed by atoms with Crippen molar-refractivity contribution in [3.63, 3.8) is 0 Å². The molecule has 2 aromatic rings. The fraction of sp³-hybridized carbons (Fsp3) is 0.389. The van der Waals surface area contributed by atoms with Crippen LogP contribution >= 0.6 is 35.3 Å². The molecule has 1 aromatic carbocycles. The van der Waals surface area contributed by atoms with Crippen molar-refractivity contribution in [2.45, 2.75) is 18.9 Å². The van der Waals surface area contributed by atoms with Gasteiger partial charge < -0.3 is 10.2 Å². The molecule has 1 N–H and O–H groups in total. The van der Waals surface area contributed by atoms with E-state index in [4.69, 9.17) is 0 Å². The monoisotopic (exact) mass is 441 g/mol. The van der Waals surface area contributed by atoms with Gasteiger partial charge in [-0.2, -0.15) is 11.3 Å². The second kappa shape index (κ2) is 8.68. The van der Waals surface area contributed by atoms with Crippen LogP contribution in [-0.4, -0.2) is 31.5 Å². The van der Waals surface area contributed by atoms with Crippen LogP contribution in [-0.2, 0) is 6.54 Å². The quantitative estimate of drug-likeness (QED) is 0.429. The first-order valence-corrected chi connectivity index (χ1v) is 8.70. The standard InChI is InChI=1S/C18H23N3S.HI/c1-19-18(21(2)12-14-8-9-22-13-14)20-11-16-10-17(16)15-6-4-3-5-7-15;/h3-9,13,16-17H,10-12H2,1-2H3,(H,19,20);1H. The van der Waals surface area contributed by atoms with Gasteiger partial charge in [0.05, 0.1) is 0 Å². The third-order valence-corrected chi connectivity index (χ3v) is 4.98. The predicted molar refractivity (Wildman–Crippen MR) is 110 cm³/mol. The molecule has 0 bridgehead atoms. The molecule has 1 aliphatic rings. The van der Waals surface area contributed by atoms with E-state index < -0.39 is 0 Å². The second-order valence-corrected chi connectivity index (χ2v) is 6.71. The lowest BCUT2D eigenvalue weighted by atomic mass is 10.1. The zero-order chi connectivity index (χ0) is 15.4. The number of hydrogen-bond acceptors (Lipinski definition) is 2. The SMILES string of the molecule is CN=C(NCC1CC1c1ccccc1)N(C)Cc1ccsc1.I. The largest absolute Gasteiger partial charge is 0.356 e. The average molecular weight is 441 g/mol. The molecule has 3 rings (SSSR count). The van der Waals surface area contributed by atoms with Crippen molar-refractivity contribution >= 4 is 41.3 Å². The molecule has 0 aliphatic heterocycles. The Labute approximate surface area is 159 Å². The molecule has 0 radical (unpaired) electrons. The summed E-state index contributed by atoms with van der Waals surface area (Å²) < 4.78 is 0. The van der Waals surface area contributed by atoms with E-state index in [0.29, 0.717) is 5.92 Å². The van der Waals surface area contributed by atoms with Crippen LogP contribution in [0.1, 0.15) is 23.5 Å². The zero-order valence-corrected chi connectivity index (χ0v) is 16.8. The van der Waals surface area contributed by atoms with Gasteiger partial charge >= 0.3 is 0 Å². The maximum Gasteiger partial charge on any atom is 0.193 e. The lowest BCUT2D eigenvalue weighted by molar-refractivity contribution is 0.475. The first-order chi connectivity index (χ1) is 10.8. The van der Waals surface area contributed by atoms with Crippen LogP contribution in [0, 0.1) is 5.92 Å². The first-order valence-electron chi connectivity index (χ1n) is 7.75. The molecule has 0 amide bonds. The minimum Gasteiger partial charge on any atom is -0.356 e. The van der Waals surface area contributed by atoms with Gasteiger partial charge in [0.15, 0.2) is 5.96 Å². The summed E-state index contributed by atoms with van der Waals surface area (Å²) in [7, 11) is 3.95. The van der Waals surface area contributed by atoms with E-state index >= 15 is 0 Å². The van der Waals surface area contributed by atoms with E-state index in [1.165, 1.54) is 17.5 Å². The van der Waals surface area contributed by atoms with Crippen molar-refractivity contribution in [3.05, 3.63) is 58.3 Å². The van der Waals surface area contributed by atoms with Crippen LogP contribution in [0.5, 0.6) is 0 Å². The minimum absolute atomic E-state index is 0. The normalized spacial score (nSPS) is 19.8. The fourth-order valence-electron chi connectivity index (χ4n) is 2.92. The van der Waals surface area contributed by atoms with E-state index in [0.717, 1.165) is 25.0 Å². The third-order valence-electron chi connectivity index (χ3n) is 4.25. The minimum atomic E-state index is 0. The highest BCUT2D eigenvalue weighted by Crippen LogP contribution is 2.46. The molecule has 124 valence electrons. The topological polar surface area (TPSA) is 27.6 Å². The number of thiophene rings is 1. The maximum absolute atomic E-state index is 4.40. The van der Waals surface area contributed by atoms with Gasteiger partial charge in [-0.1, -0.05) is 30.3 Å². The van der Waals surface area contributed by atoms with Gasteiger partial charge in [0.1, 0.15) is 0 Å². The Bertz CT molecular complexity index is 612. The van der Waals surface area contributed by atoms with E-state index in [-0.39, 0.29) is 24.0 Å². The molecule has 1 aromatic heterocycles. The number of rotatable bonds is 5. The smallest absolute Gasteiger partial charge is 0.193 e. The Morgan fingerprint density at radius 2 is 2.09 bits per heavy atom.